The van der Waals surface area contributed by atoms with E-state index in [0.29, 0.717) is 11.5 Å². The van der Waals surface area contributed by atoms with Crippen molar-refractivity contribution < 1.29 is 27.8 Å². The number of anilines is 1. The molecule has 1 amide bonds. The molecule has 4 aromatic rings. The summed E-state index contributed by atoms with van der Waals surface area (Å²) in [5.74, 6) is -1.70. The van der Waals surface area contributed by atoms with Crippen molar-refractivity contribution in [3.63, 3.8) is 0 Å². The number of hydrogen-bond acceptors (Lipinski definition) is 6. The van der Waals surface area contributed by atoms with Crippen LogP contribution in [-0.4, -0.2) is 39.4 Å². The van der Waals surface area contributed by atoms with Crippen molar-refractivity contribution in [1.82, 2.24) is 14.8 Å². The van der Waals surface area contributed by atoms with Crippen molar-refractivity contribution in [2.45, 2.75) is 19.6 Å². The van der Waals surface area contributed by atoms with Gasteiger partial charge in [-0.3, -0.25) is 4.79 Å². The van der Waals surface area contributed by atoms with Crippen LogP contribution in [0.3, 0.4) is 0 Å². The Kier molecular flexibility index (Phi) is 7.10. The Hall–Kier alpha value is -4.60. The van der Waals surface area contributed by atoms with Crippen molar-refractivity contribution in [1.29, 1.82) is 0 Å². The minimum absolute atomic E-state index is 0.0125. The highest BCUT2D eigenvalue weighted by Crippen LogP contribution is 2.26. The third-order valence-corrected chi connectivity index (χ3v) is 4.84. The number of halogens is 2. The summed E-state index contributed by atoms with van der Waals surface area (Å²) in [4.78, 5) is 29.7. The summed E-state index contributed by atoms with van der Waals surface area (Å²) in [5, 5.41) is 6.72. The molecule has 10 heteroatoms. The summed E-state index contributed by atoms with van der Waals surface area (Å²) < 4.78 is 36.4. The standard InChI is InChI=1S/C25H20F2N4O4/c1-16(23(32)28-19-14-8-9-15-20(19)35-25(26)27)34-24(33)21-29-22(17-10-4-2-5-11-17)31(30-21)18-12-6-3-7-13-18/h2-16,25H,1H3,(H,28,32). The molecule has 1 aromatic heterocycles. The molecule has 0 bridgehead atoms. The first-order chi connectivity index (χ1) is 16.9. The number of carbonyl (C=O) groups excluding carboxylic acids is 2. The molecule has 35 heavy (non-hydrogen) atoms. The van der Waals surface area contributed by atoms with Crippen LogP contribution in [0.25, 0.3) is 17.1 Å². The zero-order valence-corrected chi connectivity index (χ0v) is 18.5. The van der Waals surface area contributed by atoms with Crippen LogP contribution in [0.15, 0.2) is 84.9 Å². The van der Waals surface area contributed by atoms with E-state index in [9.17, 15) is 18.4 Å². The Bertz CT molecular complexity index is 1260. The van der Waals surface area contributed by atoms with Crippen LogP contribution in [0.4, 0.5) is 14.5 Å². The molecule has 0 saturated carbocycles. The summed E-state index contributed by atoms with van der Waals surface area (Å²) in [6, 6.07) is 24.0. The van der Waals surface area contributed by atoms with Crippen LogP contribution in [-0.2, 0) is 9.53 Å². The van der Waals surface area contributed by atoms with Gasteiger partial charge in [-0.15, -0.1) is 5.10 Å². The Morgan fingerprint density at radius 3 is 2.23 bits per heavy atom. The van der Waals surface area contributed by atoms with Crippen molar-refractivity contribution in [2.75, 3.05) is 5.32 Å². The van der Waals surface area contributed by atoms with E-state index < -0.39 is 24.6 Å². The Morgan fingerprint density at radius 1 is 0.914 bits per heavy atom. The first-order valence-electron chi connectivity index (χ1n) is 10.6. The van der Waals surface area contributed by atoms with E-state index >= 15 is 0 Å². The van der Waals surface area contributed by atoms with Crippen LogP contribution in [0.1, 0.15) is 17.5 Å². The Balaban J connectivity index is 1.53. The molecule has 4 rings (SSSR count). The van der Waals surface area contributed by atoms with Gasteiger partial charge in [0.1, 0.15) is 5.75 Å². The number of hydrogen-bond donors (Lipinski definition) is 1. The summed E-state index contributed by atoms with van der Waals surface area (Å²) in [5.41, 5.74) is 1.42. The number of nitrogens with zero attached hydrogens (tertiary/aromatic N) is 3. The van der Waals surface area contributed by atoms with Gasteiger partial charge in [-0.1, -0.05) is 60.7 Å². The lowest BCUT2D eigenvalue weighted by atomic mass is 10.2. The molecule has 3 aromatic carbocycles. The molecule has 0 fully saturated rings. The van der Waals surface area contributed by atoms with Crippen LogP contribution in [0.2, 0.25) is 0 Å². The number of aromatic nitrogens is 3. The highest BCUT2D eigenvalue weighted by molar-refractivity contribution is 5.97. The van der Waals surface area contributed by atoms with Gasteiger partial charge in [0, 0.05) is 5.56 Å². The number of alkyl halides is 2. The fourth-order valence-electron chi connectivity index (χ4n) is 3.19. The highest BCUT2D eigenvalue weighted by Gasteiger charge is 2.25. The maximum absolute atomic E-state index is 12.8. The van der Waals surface area contributed by atoms with Gasteiger partial charge in [0.2, 0.25) is 0 Å². The van der Waals surface area contributed by atoms with Crippen molar-refractivity contribution in [3.05, 3.63) is 90.8 Å². The molecular formula is C25H20F2N4O4. The monoisotopic (exact) mass is 478 g/mol. The second-order valence-corrected chi connectivity index (χ2v) is 7.28. The molecule has 178 valence electrons. The molecule has 1 heterocycles. The van der Waals surface area contributed by atoms with Crippen molar-refractivity contribution in [3.8, 4) is 22.8 Å². The van der Waals surface area contributed by atoms with E-state index in [2.05, 4.69) is 20.1 Å². The average Bonchev–Trinajstić information content (AvgIpc) is 3.32. The molecule has 0 aliphatic rings. The molecule has 1 atom stereocenters. The van der Waals surface area contributed by atoms with Gasteiger partial charge in [-0.05, 0) is 31.2 Å². The molecule has 0 aliphatic carbocycles. The van der Waals surface area contributed by atoms with Gasteiger partial charge in [-0.2, -0.15) is 8.78 Å². The van der Waals surface area contributed by atoms with Gasteiger partial charge >= 0.3 is 12.6 Å². The fourth-order valence-corrected chi connectivity index (χ4v) is 3.19. The second-order valence-electron chi connectivity index (χ2n) is 7.28. The lowest BCUT2D eigenvalue weighted by molar-refractivity contribution is -0.123. The first-order valence-corrected chi connectivity index (χ1v) is 10.6. The fraction of sp³-hybridized carbons (Fsp3) is 0.120. The summed E-state index contributed by atoms with van der Waals surface area (Å²) in [6.07, 6.45) is -1.27. The molecule has 1 N–H and O–H groups in total. The van der Waals surface area contributed by atoms with Crippen LogP contribution in [0.5, 0.6) is 5.75 Å². The average molecular weight is 478 g/mol. The maximum atomic E-state index is 12.8. The summed E-state index contributed by atoms with van der Waals surface area (Å²) in [7, 11) is 0. The number of amides is 1. The zero-order valence-electron chi connectivity index (χ0n) is 18.5. The number of carbonyl (C=O) groups is 2. The molecule has 0 aliphatic heterocycles. The molecular weight excluding hydrogens is 458 g/mol. The number of para-hydroxylation sites is 3. The van der Waals surface area contributed by atoms with Crippen molar-refractivity contribution >= 4 is 17.6 Å². The van der Waals surface area contributed by atoms with Gasteiger partial charge < -0.3 is 14.8 Å². The lowest BCUT2D eigenvalue weighted by Gasteiger charge is -2.15. The number of rotatable bonds is 8. The highest BCUT2D eigenvalue weighted by atomic mass is 19.3. The van der Waals surface area contributed by atoms with E-state index in [4.69, 9.17) is 4.74 Å². The number of benzene rings is 3. The predicted molar refractivity (Wildman–Crippen MR) is 123 cm³/mol. The van der Waals surface area contributed by atoms with Gasteiger partial charge in [0.15, 0.2) is 11.9 Å². The topological polar surface area (TPSA) is 95.3 Å². The minimum atomic E-state index is -3.06. The lowest BCUT2D eigenvalue weighted by Crippen LogP contribution is -2.30. The van der Waals surface area contributed by atoms with E-state index in [0.717, 1.165) is 5.56 Å². The maximum Gasteiger partial charge on any atom is 0.387 e. The summed E-state index contributed by atoms with van der Waals surface area (Å²) in [6.45, 7) is -1.72. The largest absolute Gasteiger partial charge is 0.447 e. The van der Waals surface area contributed by atoms with Gasteiger partial charge in [0.05, 0.1) is 11.4 Å². The second kappa shape index (κ2) is 10.6. The third-order valence-electron chi connectivity index (χ3n) is 4.84. The number of esters is 1. The quantitative estimate of drug-likeness (QED) is 0.368. The molecule has 8 nitrogen and oxygen atoms in total. The molecule has 0 spiro atoms. The molecule has 0 saturated heterocycles. The number of nitrogens with one attached hydrogen (secondary N) is 1. The van der Waals surface area contributed by atoms with E-state index in [1.165, 1.54) is 35.9 Å². The minimum Gasteiger partial charge on any atom is -0.447 e. The Morgan fingerprint density at radius 2 is 1.54 bits per heavy atom. The van der Waals surface area contributed by atoms with Crippen LogP contribution in [0, 0.1) is 0 Å². The smallest absolute Gasteiger partial charge is 0.387 e. The van der Waals surface area contributed by atoms with Gasteiger partial charge in [0.25, 0.3) is 11.7 Å². The van der Waals surface area contributed by atoms with Crippen molar-refractivity contribution in [2.24, 2.45) is 0 Å². The summed E-state index contributed by atoms with van der Waals surface area (Å²) >= 11 is 0. The molecule has 1 unspecified atom stereocenters. The number of ether oxygens (including phenoxy) is 2. The van der Waals surface area contributed by atoms with Gasteiger partial charge in [-0.25, -0.2) is 14.5 Å². The Labute approximate surface area is 199 Å². The zero-order chi connectivity index (χ0) is 24.8. The predicted octanol–water partition coefficient (Wildman–Crippen LogP) is 4.72. The molecule has 0 radical (unpaired) electrons. The van der Waals surface area contributed by atoms with E-state index in [1.807, 2.05) is 60.7 Å². The first kappa shape index (κ1) is 23.6. The normalized spacial score (nSPS) is 11.7. The van der Waals surface area contributed by atoms with Crippen LogP contribution >= 0.6 is 0 Å². The van der Waals surface area contributed by atoms with E-state index in [1.54, 1.807) is 0 Å². The van der Waals surface area contributed by atoms with Crippen LogP contribution < -0.4 is 10.1 Å². The third kappa shape index (κ3) is 5.67. The SMILES string of the molecule is CC(OC(=O)c1nc(-c2ccccc2)n(-c2ccccc2)n1)C(=O)Nc1ccccc1OC(F)F. The van der Waals surface area contributed by atoms with E-state index in [-0.39, 0.29) is 17.3 Å².